The first-order chi connectivity index (χ1) is 14.0. The minimum absolute atomic E-state index is 0.112. The van der Waals surface area contributed by atoms with Crippen molar-refractivity contribution in [3.05, 3.63) is 42.9 Å². The van der Waals surface area contributed by atoms with Crippen LogP contribution >= 0.6 is 0 Å². The first kappa shape index (κ1) is 18.9. The molecule has 2 amide bonds. The Morgan fingerprint density at radius 1 is 1.07 bits per heavy atom. The molecular formula is C20H24N8O. The van der Waals surface area contributed by atoms with Gasteiger partial charge in [-0.2, -0.15) is 0 Å². The summed E-state index contributed by atoms with van der Waals surface area (Å²) in [6.45, 7) is 5.26. The van der Waals surface area contributed by atoms with Gasteiger partial charge < -0.3 is 9.47 Å². The summed E-state index contributed by atoms with van der Waals surface area (Å²) in [6, 6.07) is 9.54. The number of pyridine rings is 2. The lowest BCUT2D eigenvalue weighted by molar-refractivity contribution is 0.255. The quantitative estimate of drug-likeness (QED) is 0.664. The number of rotatable bonds is 5. The van der Waals surface area contributed by atoms with E-state index in [1.54, 1.807) is 22.3 Å². The highest BCUT2D eigenvalue weighted by molar-refractivity contribution is 6.05. The molecule has 3 aromatic rings. The van der Waals surface area contributed by atoms with Gasteiger partial charge in [0.25, 0.3) is 0 Å². The number of nitrogens with zero attached hydrogens (tertiary/aromatic N) is 8. The van der Waals surface area contributed by atoms with Gasteiger partial charge in [-0.1, -0.05) is 6.07 Å². The van der Waals surface area contributed by atoms with Crippen LogP contribution in [-0.4, -0.2) is 57.9 Å². The standard InChI is InChI=1S/C20H24N8O/c1-14(2)28-13-22-24-19(28)16-6-5-7-18(23-16)27-11-10-26(20(27)29)15-8-9-17(21-12-15)25(3)4/h5-9,12-14H,10-11H2,1-4H3. The number of aromatic nitrogens is 5. The summed E-state index contributed by atoms with van der Waals surface area (Å²) >= 11 is 0. The Hall–Kier alpha value is -3.49. The van der Waals surface area contributed by atoms with Crippen LogP contribution < -0.4 is 14.7 Å². The van der Waals surface area contributed by atoms with Gasteiger partial charge in [0.15, 0.2) is 5.82 Å². The first-order valence-corrected chi connectivity index (χ1v) is 9.55. The van der Waals surface area contributed by atoms with Crippen molar-refractivity contribution in [3.8, 4) is 11.5 Å². The van der Waals surface area contributed by atoms with E-state index in [9.17, 15) is 4.79 Å². The van der Waals surface area contributed by atoms with Crippen molar-refractivity contribution in [2.75, 3.05) is 41.9 Å². The minimum atomic E-state index is -0.112. The third kappa shape index (κ3) is 3.51. The lowest BCUT2D eigenvalue weighted by Gasteiger charge is -2.19. The second-order valence-corrected chi connectivity index (χ2v) is 7.39. The van der Waals surface area contributed by atoms with Crippen molar-refractivity contribution in [1.29, 1.82) is 0 Å². The van der Waals surface area contributed by atoms with E-state index in [0.717, 1.165) is 11.5 Å². The molecular weight excluding hydrogens is 368 g/mol. The van der Waals surface area contributed by atoms with Crippen LogP contribution in [0, 0.1) is 0 Å². The van der Waals surface area contributed by atoms with Gasteiger partial charge in [-0.05, 0) is 38.1 Å². The van der Waals surface area contributed by atoms with Crippen LogP contribution in [0.15, 0.2) is 42.9 Å². The Labute approximate surface area is 169 Å². The van der Waals surface area contributed by atoms with Crippen molar-refractivity contribution < 1.29 is 4.79 Å². The first-order valence-electron chi connectivity index (χ1n) is 9.55. The summed E-state index contributed by atoms with van der Waals surface area (Å²) in [4.78, 5) is 27.5. The normalized spacial score (nSPS) is 14.2. The van der Waals surface area contributed by atoms with Gasteiger partial charge in [-0.25, -0.2) is 14.8 Å². The Bertz CT molecular complexity index is 1010. The lowest BCUT2D eigenvalue weighted by atomic mass is 10.3. The van der Waals surface area contributed by atoms with Crippen molar-refractivity contribution >= 4 is 23.4 Å². The summed E-state index contributed by atoms with van der Waals surface area (Å²) in [7, 11) is 3.87. The Morgan fingerprint density at radius 2 is 1.86 bits per heavy atom. The summed E-state index contributed by atoms with van der Waals surface area (Å²) in [5.41, 5.74) is 1.47. The van der Waals surface area contributed by atoms with Gasteiger partial charge in [0, 0.05) is 33.2 Å². The molecule has 0 aromatic carbocycles. The van der Waals surface area contributed by atoms with Crippen molar-refractivity contribution in [3.63, 3.8) is 0 Å². The van der Waals surface area contributed by atoms with Crippen molar-refractivity contribution in [1.82, 2.24) is 24.7 Å². The molecule has 0 radical (unpaired) electrons. The number of hydrogen-bond donors (Lipinski definition) is 0. The highest BCUT2D eigenvalue weighted by atomic mass is 16.2. The Kier molecular flexibility index (Phi) is 4.87. The molecule has 29 heavy (non-hydrogen) atoms. The van der Waals surface area contributed by atoms with Crippen molar-refractivity contribution in [2.24, 2.45) is 0 Å². The molecule has 4 heterocycles. The second kappa shape index (κ2) is 7.50. The smallest absolute Gasteiger partial charge is 0.330 e. The largest absolute Gasteiger partial charge is 0.363 e. The Morgan fingerprint density at radius 3 is 2.55 bits per heavy atom. The van der Waals surface area contributed by atoms with Gasteiger partial charge in [-0.3, -0.25) is 9.80 Å². The molecule has 4 rings (SSSR count). The fourth-order valence-corrected chi connectivity index (χ4v) is 3.29. The number of anilines is 3. The fourth-order valence-electron chi connectivity index (χ4n) is 3.29. The summed E-state index contributed by atoms with van der Waals surface area (Å²) in [5.74, 6) is 2.14. The maximum atomic E-state index is 13.0. The molecule has 0 atom stereocenters. The van der Waals surface area contributed by atoms with Crippen LogP contribution in [0.3, 0.4) is 0 Å². The molecule has 0 saturated carbocycles. The van der Waals surface area contributed by atoms with E-state index in [1.165, 1.54) is 0 Å². The van der Waals surface area contributed by atoms with Crippen LogP contribution in [0.1, 0.15) is 19.9 Å². The molecule has 1 saturated heterocycles. The molecule has 0 N–H and O–H groups in total. The molecule has 0 spiro atoms. The Balaban J connectivity index is 1.58. The molecule has 1 aliphatic rings. The van der Waals surface area contributed by atoms with Crippen LogP contribution in [0.2, 0.25) is 0 Å². The molecule has 1 fully saturated rings. The topological polar surface area (TPSA) is 83.3 Å². The van der Waals surface area contributed by atoms with E-state index in [-0.39, 0.29) is 12.1 Å². The van der Waals surface area contributed by atoms with E-state index in [0.29, 0.717) is 30.4 Å². The average molecular weight is 392 g/mol. The molecule has 0 bridgehead atoms. The van der Waals surface area contributed by atoms with E-state index in [2.05, 4.69) is 34.0 Å². The van der Waals surface area contributed by atoms with Gasteiger partial charge in [0.05, 0.1) is 11.9 Å². The predicted octanol–water partition coefficient (Wildman–Crippen LogP) is 2.83. The summed E-state index contributed by atoms with van der Waals surface area (Å²) < 4.78 is 1.96. The van der Waals surface area contributed by atoms with E-state index >= 15 is 0 Å². The average Bonchev–Trinajstić information content (AvgIpc) is 3.35. The third-order valence-electron chi connectivity index (χ3n) is 4.88. The number of carbonyl (C=O) groups is 1. The maximum Gasteiger partial charge on any atom is 0.330 e. The predicted molar refractivity (Wildman–Crippen MR) is 112 cm³/mol. The number of hydrogen-bond acceptors (Lipinski definition) is 6. The minimum Gasteiger partial charge on any atom is -0.363 e. The van der Waals surface area contributed by atoms with E-state index < -0.39 is 0 Å². The zero-order valence-electron chi connectivity index (χ0n) is 17.0. The van der Waals surface area contributed by atoms with E-state index in [4.69, 9.17) is 0 Å². The number of urea groups is 1. The van der Waals surface area contributed by atoms with Crippen LogP contribution in [0.25, 0.3) is 11.5 Å². The fraction of sp³-hybridized carbons (Fsp3) is 0.350. The molecule has 9 nitrogen and oxygen atoms in total. The molecule has 150 valence electrons. The third-order valence-corrected chi connectivity index (χ3v) is 4.88. The van der Waals surface area contributed by atoms with Crippen LogP contribution in [0.4, 0.5) is 22.1 Å². The summed E-state index contributed by atoms with van der Waals surface area (Å²) in [6.07, 6.45) is 3.42. The van der Waals surface area contributed by atoms with E-state index in [1.807, 2.05) is 53.9 Å². The van der Waals surface area contributed by atoms with Crippen LogP contribution in [-0.2, 0) is 0 Å². The molecule has 0 aliphatic carbocycles. The van der Waals surface area contributed by atoms with Gasteiger partial charge in [-0.15, -0.1) is 10.2 Å². The lowest BCUT2D eigenvalue weighted by Crippen LogP contribution is -2.32. The highest BCUT2D eigenvalue weighted by Crippen LogP contribution is 2.26. The molecule has 3 aromatic heterocycles. The van der Waals surface area contributed by atoms with Gasteiger partial charge >= 0.3 is 6.03 Å². The number of amides is 2. The molecule has 9 heteroatoms. The molecule has 0 unspecified atom stereocenters. The zero-order valence-corrected chi connectivity index (χ0v) is 17.0. The van der Waals surface area contributed by atoms with Gasteiger partial charge in [0.1, 0.15) is 23.7 Å². The second-order valence-electron chi connectivity index (χ2n) is 7.39. The SMILES string of the molecule is CC(C)n1cnnc1-c1cccc(N2CCN(c3ccc(N(C)C)nc3)C2=O)n1. The summed E-state index contributed by atoms with van der Waals surface area (Å²) in [5, 5.41) is 8.21. The highest BCUT2D eigenvalue weighted by Gasteiger charge is 2.32. The number of carbonyl (C=O) groups excluding carboxylic acids is 1. The van der Waals surface area contributed by atoms with Crippen LogP contribution in [0.5, 0.6) is 0 Å². The molecule has 1 aliphatic heterocycles. The monoisotopic (exact) mass is 392 g/mol. The zero-order chi connectivity index (χ0) is 20.5. The van der Waals surface area contributed by atoms with Gasteiger partial charge in [0.2, 0.25) is 0 Å². The van der Waals surface area contributed by atoms with Crippen molar-refractivity contribution in [2.45, 2.75) is 19.9 Å². The maximum absolute atomic E-state index is 13.0.